The molecule has 2 heteroatoms. The van der Waals surface area contributed by atoms with Gasteiger partial charge in [0, 0.05) is 6.04 Å². The Kier molecular flexibility index (Phi) is 2.70. The Balaban J connectivity index is 1.88. The maximum Gasteiger partial charge on any atom is 0.123 e. The van der Waals surface area contributed by atoms with Gasteiger partial charge in [0.05, 0.1) is 0 Å². The molecule has 3 unspecified atom stereocenters. The van der Waals surface area contributed by atoms with Crippen LogP contribution in [0.2, 0.25) is 0 Å². The number of rotatable bonds is 3. The molecule has 3 rings (SSSR count). The molecule has 0 amide bonds. The van der Waals surface area contributed by atoms with E-state index in [4.69, 9.17) is 0 Å². The summed E-state index contributed by atoms with van der Waals surface area (Å²) in [7, 11) is 2.00. The van der Waals surface area contributed by atoms with E-state index in [1.807, 2.05) is 13.1 Å². The van der Waals surface area contributed by atoms with Crippen molar-refractivity contribution in [2.75, 3.05) is 7.05 Å². The van der Waals surface area contributed by atoms with E-state index >= 15 is 0 Å². The zero-order chi connectivity index (χ0) is 12.0. The number of hydrogen-bond acceptors (Lipinski definition) is 1. The van der Waals surface area contributed by atoms with Gasteiger partial charge < -0.3 is 5.32 Å². The average Bonchev–Trinajstić information content (AvgIpc) is 2.79. The molecule has 0 radical (unpaired) electrons. The van der Waals surface area contributed by atoms with Crippen LogP contribution in [0.3, 0.4) is 0 Å². The molecule has 0 aliphatic heterocycles. The predicted molar refractivity (Wildman–Crippen MR) is 67.3 cm³/mol. The van der Waals surface area contributed by atoms with Crippen molar-refractivity contribution in [3.63, 3.8) is 0 Å². The van der Waals surface area contributed by atoms with Gasteiger partial charge in [0.1, 0.15) is 5.82 Å². The van der Waals surface area contributed by atoms with Crippen molar-refractivity contribution in [1.29, 1.82) is 0 Å². The fourth-order valence-corrected chi connectivity index (χ4v) is 3.87. The first kappa shape index (κ1) is 11.2. The number of benzene rings is 1. The third-order valence-corrected chi connectivity index (χ3v) is 4.74. The largest absolute Gasteiger partial charge is 0.313 e. The molecule has 3 atom stereocenters. The van der Waals surface area contributed by atoms with Crippen LogP contribution in [-0.4, -0.2) is 7.05 Å². The van der Waals surface area contributed by atoms with E-state index in [-0.39, 0.29) is 5.82 Å². The fraction of sp³-hybridized carbons (Fsp3) is 0.600. The van der Waals surface area contributed by atoms with Gasteiger partial charge in [-0.25, -0.2) is 4.39 Å². The second kappa shape index (κ2) is 4.09. The summed E-state index contributed by atoms with van der Waals surface area (Å²) >= 11 is 0. The lowest BCUT2D eigenvalue weighted by Crippen LogP contribution is -2.21. The lowest BCUT2D eigenvalue weighted by atomic mass is 9.93. The van der Waals surface area contributed by atoms with Gasteiger partial charge in [0.15, 0.2) is 0 Å². The monoisotopic (exact) mass is 233 g/mol. The van der Waals surface area contributed by atoms with E-state index in [0.29, 0.717) is 6.04 Å². The maximum atomic E-state index is 13.4. The lowest BCUT2D eigenvalue weighted by Gasteiger charge is -2.21. The van der Waals surface area contributed by atoms with Crippen LogP contribution in [0.1, 0.15) is 36.4 Å². The Morgan fingerprint density at radius 2 is 2.00 bits per heavy atom. The molecule has 1 N–H and O–H groups in total. The molecule has 0 aromatic heterocycles. The highest BCUT2D eigenvalue weighted by molar-refractivity contribution is 5.32. The van der Waals surface area contributed by atoms with Crippen LogP contribution in [0, 0.1) is 30.5 Å². The quantitative estimate of drug-likeness (QED) is 0.843. The van der Waals surface area contributed by atoms with Crippen molar-refractivity contribution < 1.29 is 4.39 Å². The number of hydrogen-bond donors (Lipinski definition) is 1. The molecule has 2 aliphatic rings. The predicted octanol–water partition coefficient (Wildman–Crippen LogP) is 3.44. The Hall–Kier alpha value is -0.890. The molecular weight excluding hydrogens is 213 g/mol. The van der Waals surface area contributed by atoms with Crippen molar-refractivity contribution in [2.24, 2.45) is 17.8 Å². The van der Waals surface area contributed by atoms with E-state index < -0.39 is 0 Å². The maximum absolute atomic E-state index is 13.4. The summed E-state index contributed by atoms with van der Waals surface area (Å²) < 4.78 is 13.4. The number of aryl methyl sites for hydroxylation is 1. The second-order valence-electron chi connectivity index (χ2n) is 5.60. The molecule has 17 heavy (non-hydrogen) atoms. The van der Waals surface area contributed by atoms with Gasteiger partial charge in [0.25, 0.3) is 0 Å². The highest BCUT2D eigenvalue weighted by Gasteiger charge is 2.55. The first-order chi connectivity index (χ1) is 8.22. The SMILES string of the molecule is CNC(c1cc(F)ccc1C)C1C2CCCC21. The molecule has 2 fully saturated rings. The number of halogens is 1. The third-order valence-electron chi connectivity index (χ3n) is 4.74. The normalized spacial score (nSPS) is 32.3. The zero-order valence-electron chi connectivity index (χ0n) is 10.5. The summed E-state index contributed by atoms with van der Waals surface area (Å²) in [5.74, 6) is 2.43. The molecule has 0 heterocycles. The summed E-state index contributed by atoms with van der Waals surface area (Å²) in [6, 6.07) is 5.51. The highest BCUT2D eigenvalue weighted by atomic mass is 19.1. The smallest absolute Gasteiger partial charge is 0.123 e. The second-order valence-corrected chi connectivity index (χ2v) is 5.60. The molecule has 1 aromatic carbocycles. The van der Waals surface area contributed by atoms with E-state index in [2.05, 4.69) is 12.2 Å². The van der Waals surface area contributed by atoms with Gasteiger partial charge in [-0.15, -0.1) is 0 Å². The molecule has 0 saturated heterocycles. The van der Waals surface area contributed by atoms with Crippen LogP contribution in [0.25, 0.3) is 0 Å². The minimum atomic E-state index is -0.114. The van der Waals surface area contributed by atoms with Crippen LogP contribution in [0.15, 0.2) is 18.2 Å². The lowest BCUT2D eigenvalue weighted by molar-refractivity contribution is 0.441. The molecule has 1 aromatic rings. The molecular formula is C15H20FN. The Labute approximate surface area is 102 Å². The summed E-state index contributed by atoms with van der Waals surface area (Å²) in [5.41, 5.74) is 2.36. The number of nitrogens with one attached hydrogen (secondary N) is 1. The minimum absolute atomic E-state index is 0.114. The standard InChI is InChI=1S/C15H20FN/c1-9-6-7-10(16)8-13(9)15(17-2)14-11-4-3-5-12(11)14/h6-8,11-12,14-15,17H,3-5H2,1-2H3. The van der Waals surface area contributed by atoms with Crippen molar-refractivity contribution in [3.05, 3.63) is 35.1 Å². The topological polar surface area (TPSA) is 12.0 Å². The fourth-order valence-electron chi connectivity index (χ4n) is 3.87. The van der Waals surface area contributed by atoms with Gasteiger partial charge in [0.2, 0.25) is 0 Å². The van der Waals surface area contributed by atoms with E-state index in [0.717, 1.165) is 23.3 Å². The van der Waals surface area contributed by atoms with Gasteiger partial charge in [-0.3, -0.25) is 0 Å². The summed E-state index contributed by atoms with van der Waals surface area (Å²) in [6.07, 6.45) is 4.15. The zero-order valence-corrected chi connectivity index (χ0v) is 10.5. The van der Waals surface area contributed by atoms with Crippen LogP contribution in [0.4, 0.5) is 4.39 Å². The van der Waals surface area contributed by atoms with Crippen LogP contribution >= 0.6 is 0 Å². The molecule has 92 valence electrons. The molecule has 2 saturated carbocycles. The van der Waals surface area contributed by atoms with Crippen molar-refractivity contribution in [2.45, 2.75) is 32.2 Å². The van der Waals surface area contributed by atoms with E-state index in [1.54, 1.807) is 12.1 Å². The van der Waals surface area contributed by atoms with Gasteiger partial charge in [-0.05, 0) is 67.8 Å². The van der Waals surface area contributed by atoms with Crippen molar-refractivity contribution in [3.8, 4) is 0 Å². The van der Waals surface area contributed by atoms with Gasteiger partial charge in [-0.1, -0.05) is 12.5 Å². The van der Waals surface area contributed by atoms with Gasteiger partial charge >= 0.3 is 0 Å². The molecule has 2 aliphatic carbocycles. The molecule has 0 bridgehead atoms. The molecule has 1 nitrogen and oxygen atoms in total. The van der Waals surface area contributed by atoms with E-state index in [1.165, 1.54) is 24.8 Å². The van der Waals surface area contributed by atoms with Crippen LogP contribution in [-0.2, 0) is 0 Å². The first-order valence-corrected chi connectivity index (χ1v) is 6.65. The Morgan fingerprint density at radius 1 is 1.29 bits per heavy atom. The van der Waals surface area contributed by atoms with E-state index in [9.17, 15) is 4.39 Å². The van der Waals surface area contributed by atoms with Crippen molar-refractivity contribution >= 4 is 0 Å². The summed E-state index contributed by atoms with van der Waals surface area (Å²) in [4.78, 5) is 0. The summed E-state index contributed by atoms with van der Waals surface area (Å²) in [6.45, 7) is 2.08. The van der Waals surface area contributed by atoms with Gasteiger partial charge in [-0.2, -0.15) is 0 Å². The molecule has 0 spiro atoms. The average molecular weight is 233 g/mol. The Morgan fingerprint density at radius 3 is 2.65 bits per heavy atom. The number of fused-ring (bicyclic) bond motifs is 1. The minimum Gasteiger partial charge on any atom is -0.313 e. The van der Waals surface area contributed by atoms with Crippen LogP contribution in [0.5, 0.6) is 0 Å². The Bertz CT molecular complexity index is 419. The van der Waals surface area contributed by atoms with Crippen molar-refractivity contribution in [1.82, 2.24) is 5.32 Å². The third kappa shape index (κ3) is 1.79. The first-order valence-electron chi connectivity index (χ1n) is 6.65. The van der Waals surface area contributed by atoms with Crippen LogP contribution < -0.4 is 5.32 Å². The summed E-state index contributed by atoms with van der Waals surface area (Å²) in [5, 5.41) is 3.41. The highest BCUT2D eigenvalue weighted by Crippen LogP contribution is 2.62.